The number of rotatable bonds is 2. The van der Waals surface area contributed by atoms with Crippen LogP contribution < -0.4 is 5.56 Å². The van der Waals surface area contributed by atoms with Crippen LogP contribution in [-0.4, -0.2) is 9.97 Å². The van der Waals surface area contributed by atoms with Crippen molar-refractivity contribution in [1.29, 1.82) is 0 Å². The summed E-state index contributed by atoms with van der Waals surface area (Å²) in [6, 6.07) is 1.87. The van der Waals surface area contributed by atoms with Gasteiger partial charge in [0.2, 0.25) is 0 Å². The quantitative estimate of drug-likeness (QED) is 0.866. The maximum absolute atomic E-state index is 14.2. The molecule has 0 bridgehead atoms. The number of alkyl halides is 1. The molecule has 3 nitrogen and oxygen atoms in total. The van der Waals surface area contributed by atoms with Gasteiger partial charge >= 0.3 is 0 Å². The van der Waals surface area contributed by atoms with Gasteiger partial charge in [-0.3, -0.25) is 4.79 Å². The van der Waals surface area contributed by atoms with Gasteiger partial charge < -0.3 is 4.98 Å². The maximum Gasteiger partial charge on any atom is 0.269 e. The topological polar surface area (TPSA) is 45.8 Å². The van der Waals surface area contributed by atoms with Crippen molar-refractivity contribution in [1.82, 2.24) is 9.97 Å². The van der Waals surface area contributed by atoms with Crippen LogP contribution in [0.25, 0.3) is 11.0 Å². The Kier molecular flexibility index (Phi) is 2.73. The maximum atomic E-state index is 14.2. The summed E-state index contributed by atoms with van der Waals surface area (Å²) in [5.41, 5.74) is 2.54. The minimum Gasteiger partial charge on any atom is -0.317 e. The van der Waals surface area contributed by atoms with Gasteiger partial charge in [0.25, 0.3) is 5.56 Å². The van der Waals surface area contributed by atoms with E-state index < -0.39 is 0 Å². The largest absolute Gasteiger partial charge is 0.317 e. The lowest BCUT2D eigenvalue weighted by Gasteiger charge is -2.09. The number of nitrogens with zero attached hydrogens (tertiary/aromatic N) is 1. The zero-order valence-electron chi connectivity index (χ0n) is 9.89. The highest BCUT2D eigenvalue weighted by atomic mass is 79.9. The highest BCUT2D eigenvalue weighted by molar-refractivity contribution is 9.08. The first-order valence-corrected chi connectivity index (χ1v) is 7.02. The minimum atomic E-state index is -0.379. The number of aryl methyl sites for hydroxylation is 1. The second-order valence-electron chi connectivity index (χ2n) is 4.72. The van der Waals surface area contributed by atoms with Crippen molar-refractivity contribution in [2.45, 2.75) is 31.0 Å². The summed E-state index contributed by atoms with van der Waals surface area (Å²) in [5.74, 6) is 0.0829. The minimum absolute atomic E-state index is 0.240. The molecule has 1 saturated carbocycles. The number of halogens is 2. The molecule has 1 aliphatic carbocycles. The second-order valence-corrected chi connectivity index (χ2v) is 5.28. The van der Waals surface area contributed by atoms with E-state index in [0.717, 1.165) is 18.4 Å². The Morgan fingerprint density at radius 2 is 2.28 bits per heavy atom. The number of aromatic amines is 1. The first-order chi connectivity index (χ1) is 8.61. The molecule has 1 aromatic heterocycles. The summed E-state index contributed by atoms with van der Waals surface area (Å²) in [4.78, 5) is 18.5. The highest BCUT2D eigenvalue weighted by Gasteiger charge is 2.28. The SMILES string of the molecule is Cc1nc2c(C3CC3)cc(CBr)c(F)c2[nH]c1=O. The summed E-state index contributed by atoms with van der Waals surface area (Å²) >= 11 is 3.28. The Bertz CT molecular complexity index is 691. The van der Waals surface area contributed by atoms with E-state index in [9.17, 15) is 9.18 Å². The van der Waals surface area contributed by atoms with E-state index in [1.165, 1.54) is 0 Å². The van der Waals surface area contributed by atoms with E-state index in [-0.39, 0.29) is 16.9 Å². The van der Waals surface area contributed by atoms with E-state index >= 15 is 0 Å². The normalized spacial score (nSPS) is 15.3. The molecule has 0 spiro atoms. The average molecular weight is 311 g/mol. The molecule has 0 aliphatic heterocycles. The van der Waals surface area contributed by atoms with Crippen LogP contribution in [0.4, 0.5) is 4.39 Å². The first kappa shape index (κ1) is 11.8. The van der Waals surface area contributed by atoms with Gasteiger partial charge in [-0.1, -0.05) is 15.9 Å². The molecule has 0 saturated heterocycles. The van der Waals surface area contributed by atoms with Crippen LogP contribution in [0.1, 0.15) is 35.6 Å². The molecule has 3 rings (SSSR count). The van der Waals surface area contributed by atoms with Gasteiger partial charge in [-0.25, -0.2) is 9.37 Å². The lowest BCUT2D eigenvalue weighted by atomic mass is 10.0. The van der Waals surface area contributed by atoms with E-state index in [2.05, 4.69) is 25.9 Å². The van der Waals surface area contributed by atoms with Gasteiger partial charge in [0, 0.05) is 10.9 Å². The van der Waals surface area contributed by atoms with Crippen molar-refractivity contribution in [2.24, 2.45) is 0 Å². The molecule has 1 aliphatic rings. The Balaban J connectivity index is 2.42. The molecular weight excluding hydrogens is 299 g/mol. The Morgan fingerprint density at radius 3 is 2.89 bits per heavy atom. The highest BCUT2D eigenvalue weighted by Crippen LogP contribution is 2.43. The molecule has 0 amide bonds. The van der Waals surface area contributed by atoms with Gasteiger partial charge in [0.05, 0.1) is 5.52 Å². The van der Waals surface area contributed by atoms with Crippen molar-refractivity contribution < 1.29 is 4.39 Å². The zero-order valence-corrected chi connectivity index (χ0v) is 11.5. The summed E-state index contributed by atoms with van der Waals surface area (Å²) in [5, 5.41) is 0.435. The predicted molar refractivity (Wildman–Crippen MR) is 71.7 cm³/mol. The third-order valence-corrected chi connectivity index (χ3v) is 3.95. The van der Waals surface area contributed by atoms with Crippen molar-refractivity contribution in [3.63, 3.8) is 0 Å². The van der Waals surface area contributed by atoms with Gasteiger partial charge in [-0.15, -0.1) is 0 Å². The molecule has 2 aromatic rings. The lowest BCUT2D eigenvalue weighted by Crippen LogP contribution is -2.13. The van der Waals surface area contributed by atoms with Gasteiger partial charge in [-0.2, -0.15) is 0 Å². The van der Waals surface area contributed by atoms with Crippen LogP contribution in [0.15, 0.2) is 10.9 Å². The first-order valence-electron chi connectivity index (χ1n) is 5.89. The lowest BCUT2D eigenvalue weighted by molar-refractivity contribution is 0.625. The number of benzene rings is 1. The van der Waals surface area contributed by atoms with Crippen molar-refractivity contribution in [3.05, 3.63) is 39.1 Å². The molecule has 1 aromatic carbocycles. The predicted octanol–water partition coefficient (Wildman–Crippen LogP) is 3.14. The molecule has 5 heteroatoms. The Hall–Kier alpha value is -1.23. The molecule has 1 N–H and O–H groups in total. The fourth-order valence-corrected chi connectivity index (χ4v) is 2.60. The van der Waals surface area contributed by atoms with E-state index in [0.29, 0.717) is 28.0 Å². The summed E-state index contributed by atoms with van der Waals surface area (Å²) in [6.45, 7) is 1.64. The number of H-pyrrole nitrogens is 1. The van der Waals surface area contributed by atoms with Crippen LogP contribution in [0, 0.1) is 12.7 Å². The van der Waals surface area contributed by atoms with Gasteiger partial charge in [0.15, 0.2) is 5.82 Å². The number of hydrogen-bond donors (Lipinski definition) is 1. The van der Waals surface area contributed by atoms with Gasteiger partial charge in [0.1, 0.15) is 11.2 Å². The molecule has 0 atom stereocenters. The summed E-state index contributed by atoms with van der Waals surface area (Å²) < 4.78 is 14.2. The molecule has 1 heterocycles. The van der Waals surface area contributed by atoms with Crippen LogP contribution in [-0.2, 0) is 5.33 Å². The van der Waals surface area contributed by atoms with Crippen molar-refractivity contribution in [3.8, 4) is 0 Å². The molecule has 0 radical (unpaired) electrons. The fraction of sp³-hybridized carbons (Fsp3) is 0.385. The fourth-order valence-electron chi connectivity index (χ4n) is 2.19. The Labute approximate surface area is 112 Å². The average Bonchev–Trinajstić information content (AvgIpc) is 3.17. The molecule has 94 valence electrons. The monoisotopic (exact) mass is 310 g/mol. The Morgan fingerprint density at radius 1 is 1.56 bits per heavy atom. The third kappa shape index (κ3) is 1.77. The number of nitrogens with one attached hydrogen (secondary N) is 1. The van der Waals surface area contributed by atoms with Gasteiger partial charge in [-0.05, 0) is 37.3 Å². The van der Waals surface area contributed by atoms with Crippen LogP contribution in [0.5, 0.6) is 0 Å². The van der Waals surface area contributed by atoms with Crippen molar-refractivity contribution in [2.75, 3.05) is 0 Å². The second kappa shape index (κ2) is 4.16. The van der Waals surface area contributed by atoms with Crippen LogP contribution in [0.2, 0.25) is 0 Å². The van der Waals surface area contributed by atoms with E-state index in [1.54, 1.807) is 6.92 Å². The molecule has 0 unspecified atom stereocenters. The third-order valence-electron chi connectivity index (χ3n) is 3.35. The number of fused-ring (bicyclic) bond motifs is 1. The number of aromatic nitrogens is 2. The number of hydrogen-bond acceptors (Lipinski definition) is 2. The van der Waals surface area contributed by atoms with Crippen LogP contribution >= 0.6 is 15.9 Å². The standard InChI is InChI=1S/C13H12BrFN2O/c1-6-13(18)17-12-10(15)8(5-14)4-9(7-2-3-7)11(12)16-6/h4,7H,2-3,5H2,1H3,(H,17,18). The summed E-state index contributed by atoms with van der Waals surface area (Å²) in [6.07, 6.45) is 2.23. The molecule has 18 heavy (non-hydrogen) atoms. The molecular formula is C13H12BrFN2O. The zero-order chi connectivity index (χ0) is 12.9. The van der Waals surface area contributed by atoms with Crippen molar-refractivity contribution >= 4 is 27.0 Å². The molecule has 1 fully saturated rings. The van der Waals surface area contributed by atoms with E-state index in [4.69, 9.17) is 0 Å². The smallest absolute Gasteiger partial charge is 0.269 e. The van der Waals surface area contributed by atoms with Crippen LogP contribution in [0.3, 0.4) is 0 Å². The summed E-state index contributed by atoms with van der Waals surface area (Å²) in [7, 11) is 0. The van der Waals surface area contributed by atoms with E-state index in [1.807, 2.05) is 6.07 Å².